The molecular formula is C24H31FN4O. The maximum absolute atomic E-state index is 14.1. The van der Waals surface area contributed by atoms with Crippen molar-refractivity contribution in [1.29, 1.82) is 0 Å². The Balaban J connectivity index is 1.33. The molecule has 1 aromatic carbocycles. The molecule has 0 aliphatic heterocycles. The van der Waals surface area contributed by atoms with Gasteiger partial charge in [0.05, 0.1) is 13.2 Å². The van der Waals surface area contributed by atoms with E-state index in [2.05, 4.69) is 32.3 Å². The summed E-state index contributed by atoms with van der Waals surface area (Å²) in [7, 11) is 0. The van der Waals surface area contributed by atoms with E-state index in [0.29, 0.717) is 31.4 Å². The molecule has 0 unspecified atom stereocenters. The number of benzene rings is 1. The fraction of sp³-hybridized carbons (Fsp3) is 0.458. The highest BCUT2D eigenvalue weighted by Crippen LogP contribution is 2.20. The number of fused-ring (bicyclic) bond motifs is 1. The zero-order chi connectivity index (χ0) is 20.6. The van der Waals surface area contributed by atoms with E-state index in [9.17, 15) is 4.39 Å². The fourth-order valence-corrected chi connectivity index (χ4v) is 4.26. The number of hydrogen-bond donors (Lipinski definition) is 2. The molecule has 2 N–H and O–H groups in total. The average Bonchev–Trinajstić information content (AvgIpc) is 3.42. The Morgan fingerprint density at radius 1 is 1.07 bits per heavy atom. The van der Waals surface area contributed by atoms with Crippen LogP contribution in [-0.2, 0) is 17.8 Å². The highest BCUT2D eigenvalue weighted by Gasteiger charge is 2.15. The minimum Gasteiger partial charge on any atom is -0.379 e. The van der Waals surface area contributed by atoms with Crippen molar-refractivity contribution in [2.75, 3.05) is 26.3 Å². The van der Waals surface area contributed by atoms with E-state index < -0.39 is 5.95 Å². The van der Waals surface area contributed by atoms with Gasteiger partial charge >= 0.3 is 0 Å². The van der Waals surface area contributed by atoms with Crippen molar-refractivity contribution >= 4 is 10.9 Å². The topological polar surface area (TPSA) is 53.2 Å². The molecule has 1 aliphatic carbocycles. The number of pyridine rings is 1. The van der Waals surface area contributed by atoms with Crippen molar-refractivity contribution in [3.05, 3.63) is 65.9 Å². The molecule has 5 nitrogen and oxygen atoms in total. The summed E-state index contributed by atoms with van der Waals surface area (Å²) in [6, 6.07) is 12.5. The van der Waals surface area contributed by atoms with Crippen LogP contribution in [-0.4, -0.2) is 47.2 Å². The first kappa shape index (κ1) is 21.0. The number of halogens is 1. The zero-order valence-electron chi connectivity index (χ0n) is 17.4. The molecule has 0 radical (unpaired) electrons. The van der Waals surface area contributed by atoms with Crippen LogP contribution in [0.2, 0.25) is 0 Å². The smallest absolute Gasteiger partial charge is 0.217 e. The van der Waals surface area contributed by atoms with E-state index in [1.54, 1.807) is 12.1 Å². The molecule has 2 aromatic heterocycles. The van der Waals surface area contributed by atoms with Gasteiger partial charge in [0.25, 0.3) is 0 Å². The van der Waals surface area contributed by atoms with Crippen molar-refractivity contribution in [2.45, 2.75) is 44.8 Å². The number of para-hydroxylation sites is 1. The van der Waals surface area contributed by atoms with Gasteiger partial charge in [-0.2, -0.15) is 4.39 Å². The number of rotatable bonds is 11. The molecule has 0 bridgehead atoms. The molecule has 30 heavy (non-hydrogen) atoms. The molecule has 3 aromatic rings. The predicted molar refractivity (Wildman–Crippen MR) is 118 cm³/mol. The first-order chi connectivity index (χ1) is 14.8. The van der Waals surface area contributed by atoms with Crippen molar-refractivity contribution < 1.29 is 9.13 Å². The van der Waals surface area contributed by atoms with Gasteiger partial charge in [0.15, 0.2) is 0 Å². The Morgan fingerprint density at radius 2 is 1.90 bits per heavy atom. The van der Waals surface area contributed by atoms with Crippen LogP contribution >= 0.6 is 0 Å². The van der Waals surface area contributed by atoms with Gasteiger partial charge in [0.1, 0.15) is 0 Å². The maximum Gasteiger partial charge on any atom is 0.217 e. The number of nitrogens with one attached hydrogen (secondary N) is 2. The number of nitrogens with zero attached hydrogens (tertiary/aromatic N) is 2. The Bertz CT molecular complexity index is 922. The zero-order valence-corrected chi connectivity index (χ0v) is 17.4. The van der Waals surface area contributed by atoms with E-state index in [1.807, 2.05) is 18.3 Å². The van der Waals surface area contributed by atoms with E-state index in [0.717, 1.165) is 25.2 Å². The molecule has 6 heteroatoms. The monoisotopic (exact) mass is 410 g/mol. The number of aromatic nitrogens is 2. The summed E-state index contributed by atoms with van der Waals surface area (Å²) >= 11 is 0. The molecule has 0 spiro atoms. The minimum absolute atomic E-state index is 0.400. The number of ether oxygens (including phenoxy) is 1. The lowest BCUT2D eigenvalue weighted by Crippen LogP contribution is -2.31. The summed E-state index contributed by atoms with van der Waals surface area (Å²) in [5, 5.41) is 4.78. The highest BCUT2D eigenvalue weighted by molar-refractivity contribution is 5.82. The summed E-state index contributed by atoms with van der Waals surface area (Å²) in [5.41, 5.74) is 2.94. The van der Waals surface area contributed by atoms with Crippen LogP contribution in [0.3, 0.4) is 0 Å². The maximum atomic E-state index is 14.1. The average molecular weight is 411 g/mol. The lowest BCUT2D eigenvalue weighted by Gasteiger charge is -2.22. The molecule has 0 saturated heterocycles. The van der Waals surface area contributed by atoms with Crippen molar-refractivity contribution in [2.24, 2.45) is 0 Å². The second kappa shape index (κ2) is 10.7. The number of hydrogen-bond acceptors (Lipinski definition) is 4. The Labute approximate surface area is 177 Å². The normalized spacial score (nSPS) is 14.9. The summed E-state index contributed by atoms with van der Waals surface area (Å²) in [4.78, 5) is 9.35. The van der Waals surface area contributed by atoms with Gasteiger partial charge in [0, 0.05) is 61.1 Å². The molecular weight excluding hydrogens is 379 g/mol. The molecule has 1 aliphatic rings. The summed E-state index contributed by atoms with van der Waals surface area (Å²) in [6.07, 6.45) is 8.79. The van der Waals surface area contributed by atoms with Gasteiger partial charge in [-0.15, -0.1) is 0 Å². The SMILES string of the molecule is Fc1ncccc1CN(CCOCCNC1CCCC1)Cc1c[nH]c2ccccc12. The van der Waals surface area contributed by atoms with E-state index in [1.165, 1.54) is 42.8 Å². The van der Waals surface area contributed by atoms with Crippen LogP contribution in [0, 0.1) is 5.95 Å². The van der Waals surface area contributed by atoms with Crippen LogP contribution in [0.15, 0.2) is 48.8 Å². The molecule has 0 amide bonds. The van der Waals surface area contributed by atoms with Crippen LogP contribution in [0.25, 0.3) is 10.9 Å². The Morgan fingerprint density at radius 3 is 2.77 bits per heavy atom. The fourth-order valence-electron chi connectivity index (χ4n) is 4.26. The lowest BCUT2D eigenvalue weighted by atomic mass is 10.1. The van der Waals surface area contributed by atoms with Gasteiger partial charge in [-0.1, -0.05) is 37.1 Å². The van der Waals surface area contributed by atoms with Gasteiger partial charge in [0.2, 0.25) is 5.95 Å². The first-order valence-electron chi connectivity index (χ1n) is 11.0. The second-order valence-electron chi connectivity index (χ2n) is 8.07. The van der Waals surface area contributed by atoms with Crippen molar-refractivity contribution in [1.82, 2.24) is 20.2 Å². The van der Waals surface area contributed by atoms with Gasteiger partial charge in [-0.3, -0.25) is 4.90 Å². The van der Waals surface area contributed by atoms with Crippen LogP contribution in [0.1, 0.15) is 36.8 Å². The van der Waals surface area contributed by atoms with E-state index in [4.69, 9.17) is 4.74 Å². The predicted octanol–water partition coefficient (Wildman–Crippen LogP) is 4.25. The number of H-pyrrole nitrogens is 1. The molecule has 4 rings (SSSR count). The second-order valence-corrected chi connectivity index (χ2v) is 8.07. The van der Waals surface area contributed by atoms with Gasteiger partial charge in [-0.25, -0.2) is 4.98 Å². The van der Waals surface area contributed by atoms with Gasteiger partial charge < -0.3 is 15.0 Å². The minimum atomic E-state index is -0.400. The van der Waals surface area contributed by atoms with E-state index in [-0.39, 0.29) is 0 Å². The summed E-state index contributed by atoms with van der Waals surface area (Å²) in [6.45, 7) is 4.18. The molecule has 1 fully saturated rings. The van der Waals surface area contributed by atoms with Gasteiger partial charge in [-0.05, 0) is 30.5 Å². The molecule has 160 valence electrons. The van der Waals surface area contributed by atoms with Crippen LogP contribution in [0.4, 0.5) is 4.39 Å². The number of aromatic amines is 1. The Kier molecular flexibility index (Phi) is 7.45. The third kappa shape index (κ3) is 5.65. The standard InChI is InChI=1S/C24H31FN4O/c25-24-19(6-5-11-27-24)17-29(13-15-30-14-12-26-21-7-1-2-8-21)18-20-16-28-23-10-4-3-9-22(20)23/h3-6,9-11,16,21,26,28H,1-2,7-8,12-15,17-18H2. The highest BCUT2D eigenvalue weighted by atomic mass is 19.1. The molecule has 2 heterocycles. The quantitative estimate of drug-likeness (QED) is 0.366. The van der Waals surface area contributed by atoms with Crippen molar-refractivity contribution in [3.63, 3.8) is 0 Å². The van der Waals surface area contributed by atoms with E-state index >= 15 is 0 Å². The summed E-state index contributed by atoms with van der Waals surface area (Å²) < 4.78 is 20.0. The lowest BCUT2D eigenvalue weighted by molar-refractivity contribution is 0.0983. The first-order valence-corrected chi connectivity index (χ1v) is 11.0. The Hall–Kier alpha value is -2.28. The van der Waals surface area contributed by atoms with Crippen LogP contribution < -0.4 is 5.32 Å². The van der Waals surface area contributed by atoms with Crippen molar-refractivity contribution in [3.8, 4) is 0 Å². The third-order valence-electron chi connectivity index (χ3n) is 5.89. The molecule has 0 atom stereocenters. The summed E-state index contributed by atoms with van der Waals surface area (Å²) in [5.74, 6) is -0.400. The largest absolute Gasteiger partial charge is 0.379 e. The van der Waals surface area contributed by atoms with Crippen LogP contribution in [0.5, 0.6) is 0 Å². The molecule has 1 saturated carbocycles. The third-order valence-corrected chi connectivity index (χ3v) is 5.89.